The second-order valence-corrected chi connectivity index (χ2v) is 5.38. The van der Waals surface area contributed by atoms with Gasteiger partial charge in [-0.25, -0.2) is 4.79 Å². The number of rotatable bonds is 2. The minimum atomic E-state index is -0.962. The topological polar surface area (TPSA) is 66.0 Å². The number of carboxylic acids is 1. The molecule has 0 spiro atoms. The second-order valence-electron chi connectivity index (χ2n) is 5.38. The molecule has 0 radical (unpaired) electrons. The van der Waals surface area contributed by atoms with Crippen molar-refractivity contribution in [1.82, 2.24) is 10.2 Å². The Morgan fingerprint density at radius 1 is 1.14 bits per heavy atom. The van der Waals surface area contributed by atoms with Crippen LogP contribution in [0, 0.1) is 20.8 Å². The second kappa shape index (κ2) is 4.74. The number of aromatic carboxylic acids is 1. The lowest BCUT2D eigenvalue weighted by molar-refractivity contribution is 0.0699. The van der Waals surface area contributed by atoms with Crippen molar-refractivity contribution in [3.05, 3.63) is 52.6 Å². The zero-order chi connectivity index (χ0) is 15.1. The van der Waals surface area contributed by atoms with Crippen LogP contribution in [-0.2, 0) is 0 Å². The molecule has 21 heavy (non-hydrogen) atoms. The molecule has 1 aromatic heterocycles. The Morgan fingerprint density at radius 2 is 1.81 bits per heavy atom. The van der Waals surface area contributed by atoms with E-state index in [9.17, 15) is 9.90 Å². The summed E-state index contributed by atoms with van der Waals surface area (Å²) in [7, 11) is 0. The van der Waals surface area contributed by atoms with Gasteiger partial charge in [-0.1, -0.05) is 29.8 Å². The number of H-pyrrole nitrogens is 1. The van der Waals surface area contributed by atoms with E-state index >= 15 is 0 Å². The zero-order valence-corrected chi connectivity index (χ0v) is 12.2. The van der Waals surface area contributed by atoms with E-state index in [0.29, 0.717) is 5.52 Å². The number of hydrogen-bond acceptors (Lipinski definition) is 2. The summed E-state index contributed by atoms with van der Waals surface area (Å²) in [6, 6.07) is 9.47. The molecule has 4 heteroatoms. The highest BCUT2D eigenvalue weighted by Gasteiger charge is 2.17. The molecule has 3 aromatic rings. The largest absolute Gasteiger partial charge is 0.478 e. The number of carboxylic acid groups (broad SMARTS) is 1. The molecular formula is C17H16N2O2. The van der Waals surface area contributed by atoms with Crippen LogP contribution in [0.25, 0.3) is 22.2 Å². The third-order valence-corrected chi connectivity index (χ3v) is 3.74. The number of benzene rings is 2. The van der Waals surface area contributed by atoms with Crippen molar-refractivity contribution in [1.29, 1.82) is 0 Å². The third-order valence-electron chi connectivity index (χ3n) is 3.74. The van der Waals surface area contributed by atoms with Gasteiger partial charge < -0.3 is 5.11 Å². The Kier molecular flexibility index (Phi) is 3.01. The Hall–Kier alpha value is -2.62. The average Bonchev–Trinajstić information content (AvgIpc) is 2.81. The van der Waals surface area contributed by atoms with Gasteiger partial charge in [0.15, 0.2) is 0 Å². The fraction of sp³-hybridized carbons (Fsp3) is 0.176. The van der Waals surface area contributed by atoms with Crippen LogP contribution in [0.5, 0.6) is 0 Å². The highest BCUT2D eigenvalue weighted by Crippen LogP contribution is 2.33. The first-order chi connectivity index (χ1) is 9.99. The summed E-state index contributed by atoms with van der Waals surface area (Å²) in [6.45, 7) is 6.18. The average molecular weight is 280 g/mol. The van der Waals surface area contributed by atoms with E-state index in [1.54, 1.807) is 12.1 Å². The van der Waals surface area contributed by atoms with Crippen LogP contribution in [0.2, 0.25) is 0 Å². The predicted octanol–water partition coefficient (Wildman–Crippen LogP) is 3.85. The van der Waals surface area contributed by atoms with Crippen molar-refractivity contribution in [2.24, 2.45) is 0 Å². The lowest BCUT2D eigenvalue weighted by Gasteiger charge is -2.10. The molecule has 0 atom stereocenters. The molecule has 0 bridgehead atoms. The van der Waals surface area contributed by atoms with Gasteiger partial charge in [-0.05, 0) is 38.0 Å². The maximum Gasteiger partial charge on any atom is 0.337 e. The van der Waals surface area contributed by atoms with E-state index in [2.05, 4.69) is 43.1 Å². The molecule has 0 aliphatic rings. The molecule has 3 rings (SSSR count). The van der Waals surface area contributed by atoms with E-state index in [1.165, 1.54) is 5.56 Å². The summed E-state index contributed by atoms with van der Waals surface area (Å²) < 4.78 is 0. The first-order valence-electron chi connectivity index (χ1n) is 6.77. The quantitative estimate of drug-likeness (QED) is 0.749. The van der Waals surface area contributed by atoms with Gasteiger partial charge in [0, 0.05) is 10.9 Å². The summed E-state index contributed by atoms with van der Waals surface area (Å²) in [4.78, 5) is 11.3. The van der Waals surface area contributed by atoms with Gasteiger partial charge in [0.25, 0.3) is 0 Å². The summed E-state index contributed by atoms with van der Waals surface area (Å²) in [5.41, 5.74) is 6.20. The summed E-state index contributed by atoms with van der Waals surface area (Å²) in [6.07, 6.45) is 0. The fourth-order valence-corrected chi connectivity index (χ4v) is 2.98. The van der Waals surface area contributed by atoms with E-state index in [4.69, 9.17) is 0 Å². The molecule has 0 saturated heterocycles. The molecule has 0 aliphatic carbocycles. The standard InChI is InChI=1S/C17H16N2O2/c1-9-7-10(2)14(11(3)8-9)16-12-5-4-6-13(17(20)21)15(12)18-19-16/h4-8H,1-3H3,(H,18,19)(H,20,21). The van der Waals surface area contributed by atoms with Gasteiger partial charge in [-0.2, -0.15) is 5.10 Å². The lowest BCUT2D eigenvalue weighted by atomic mass is 9.95. The van der Waals surface area contributed by atoms with Gasteiger partial charge >= 0.3 is 5.97 Å². The van der Waals surface area contributed by atoms with Gasteiger partial charge in [-0.3, -0.25) is 5.10 Å². The van der Waals surface area contributed by atoms with Crippen LogP contribution < -0.4 is 0 Å². The van der Waals surface area contributed by atoms with E-state index in [0.717, 1.165) is 27.8 Å². The van der Waals surface area contributed by atoms with Crippen molar-refractivity contribution in [2.75, 3.05) is 0 Å². The number of hydrogen-bond donors (Lipinski definition) is 2. The molecule has 106 valence electrons. The van der Waals surface area contributed by atoms with Gasteiger partial charge in [-0.15, -0.1) is 0 Å². The highest BCUT2D eigenvalue weighted by molar-refractivity contribution is 6.06. The number of para-hydroxylation sites is 1. The van der Waals surface area contributed by atoms with Crippen molar-refractivity contribution in [3.63, 3.8) is 0 Å². The Labute approximate surface area is 122 Å². The van der Waals surface area contributed by atoms with Crippen LogP contribution in [0.1, 0.15) is 27.0 Å². The summed E-state index contributed by atoms with van der Waals surface area (Å²) >= 11 is 0. The lowest BCUT2D eigenvalue weighted by Crippen LogP contribution is -1.96. The summed E-state index contributed by atoms with van der Waals surface area (Å²) in [5.74, 6) is -0.962. The molecule has 0 aliphatic heterocycles. The monoisotopic (exact) mass is 280 g/mol. The number of aryl methyl sites for hydroxylation is 3. The number of aromatic nitrogens is 2. The van der Waals surface area contributed by atoms with E-state index < -0.39 is 5.97 Å². The molecule has 0 fully saturated rings. The van der Waals surface area contributed by atoms with Gasteiger partial charge in [0.2, 0.25) is 0 Å². The molecule has 2 aromatic carbocycles. The normalized spacial score (nSPS) is 11.0. The molecule has 0 saturated carbocycles. The molecule has 0 amide bonds. The Balaban J connectivity index is 2.33. The number of nitrogens with zero attached hydrogens (tertiary/aromatic N) is 1. The number of aromatic amines is 1. The van der Waals surface area contributed by atoms with Crippen LogP contribution >= 0.6 is 0 Å². The first-order valence-corrected chi connectivity index (χ1v) is 6.77. The Bertz CT molecular complexity index is 839. The van der Waals surface area contributed by atoms with Crippen molar-refractivity contribution in [3.8, 4) is 11.3 Å². The van der Waals surface area contributed by atoms with Crippen LogP contribution in [0.4, 0.5) is 0 Å². The number of fused-ring (bicyclic) bond motifs is 1. The number of nitrogens with one attached hydrogen (secondary N) is 1. The minimum absolute atomic E-state index is 0.220. The molecule has 4 nitrogen and oxygen atoms in total. The van der Waals surface area contributed by atoms with Crippen molar-refractivity contribution in [2.45, 2.75) is 20.8 Å². The Morgan fingerprint density at radius 3 is 2.43 bits per heavy atom. The highest BCUT2D eigenvalue weighted by atomic mass is 16.4. The fourth-order valence-electron chi connectivity index (χ4n) is 2.98. The van der Waals surface area contributed by atoms with Crippen LogP contribution in [0.3, 0.4) is 0 Å². The van der Waals surface area contributed by atoms with E-state index in [-0.39, 0.29) is 5.56 Å². The van der Waals surface area contributed by atoms with Crippen molar-refractivity contribution < 1.29 is 9.90 Å². The minimum Gasteiger partial charge on any atom is -0.478 e. The smallest absolute Gasteiger partial charge is 0.337 e. The van der Waals surface area contributed by atoms with E-state index in [1.807, 2.05) is 6.07 Å². The van der Waals surface area contributed by atoms with Gasteiger partial charge in [0.05, 0.1) is 11.3 Å². The maximum atomic E-state index is 11.3. The molecule has 0 unspecified atom stereocenters. The SMILES string of the molecule is Cc1cc(C)c(-c2[nH]nc3c(C(=O)O)cccc23)c(C)c1. The summed E-state index contributed by atoms with van der Waals surface area (Å²) in [5, 5.41) is 17.3. The predicted molar refractivity (Wildman–Crippen MR) is 82.7 cm³/mol. The third kappa shape index (κ3) is 2.09. The zero-order valence-electron chi connectivity index (χ0n) is 12.2. The van der Waals surface area contributed by atoms with Crippen LogP contribution in [-0.4, -0.2) is 21.3 Å². The first kappa shape index (κ1) is 13.4. The maximum absolute atomic E-state index is 11.3. The molecule has 2 N–H and O–H groups in total. The molecular weight excluding hydrogens is 264 g/mol. The number of carbonyl (C=O) groups is 1. The van der Waals surface area contributed by atoms with Crippen molar-refractivity contribution >= 4 is 16.9 Å². The van der Waals surface area contributed by atoms with Gasteiger partial charge in [0.1, 0.15) is 5.52 Å². The molecule has 1 heterocycles. The van der Waals surface area contributed by atoms with Crippen LogP contribution in [0.15, 0.2) is 30.3 Å².